The highest BCUT2D eigenvalue weighted by Gasteiger charge is 2.19. The molecule has 1 aromatic rings. The molecular formula is C12H17NO2. The van der Waals surface area contributed by atoms with E-state index in [4.69, 9.17) is 9.47 Å². The molecule has 3 nitrogen and oxygen atoms in total. The minimum absolute atomic E-state index is 0.149. The Hall–Kier alpha value is -1.06. The first-order valence-corrected chi connectivity index (χ1v) is 5.28. The minimum atomic E-state index is 0.149. The fraction of sp³-hybridized carbons (Fsp3) is 0.500. The number of hydrogen-bond acceptors (Lipinski definition) is 3. The normalized spacial score (nSPS) is 26.3. The standard InChI is InChI=1S/C12H17NO2/c1-9-8-15-12(7-13-9)10-4-3-5-11(6-10)14-2/h3-6,9,12-13H,7-8H2,1-2H3/t9-,12?/m0/s1. The van der Waals surface area contributed by atoms with E-state index in [1.165, 1.54) is 5.56 Å². The van der Waals surface area contributed by atoms with Crippen molar-refractivity contribution < 1.29 is 9.47 Å². The fourth-order valence-electron chi connectivity index (χ4n) is 1.74. The van der Waals surface area contributed by atoms with Gasteiger partial charge in [0.2, 0.25) is 0 Å². The van der Waals surface area contributed by atoms with Gasteiger partial charge in [0.15, 0.2) is 0 Å². The molecule has 1 heterocycles. The summed E-state index contributed by atoms with van der Waals surface area (Å²) in [6.07, 6.45) is 0.149. The molecule has 15 heavy (non-hydrogen) atoms. The van der Waals surface area contributed by atoms with Crippen LogP contribution < -0.4 is 10.1 Å². The van der Waals surface area contributed by atoms with Gasteiger partial charge < -0.3 is 14.8 Å². The van der Waals surface area contributed by atoms with Gasteiger partial charge in [0, 0.05) is 12.6 Å². The molecular weight excluding hydrogens is 190 g/mol. The fourth-order valence-corrected chi connectivity index (χ4v) is 1.74. The smallest absolute Gasteiger partial charge is 0.119 e. The second-order valence-electron chi connectivity index (χ2n) is 3.91. The number of ether oxygens (including phenoxy) is 2. The van der Waals surface area contributed by atoms with Crippen LogP contribution >= 0.6 is 0 Å². The maximum atomic E-state index is 5.76. The van der Waals surface area contributed by atoms with Gasteiger partial charge in [0.05, 0.1) is 19.8 Å². The third kappa shape index (κ3) is 2.49. The van der Waals surface area contributed by atoms with Gasteiger partial charge in [0.1, 0.15) is 5.75 Å². The lowest BCUT2D eigenvalue weighted by Crippen LogP contribution is -2.40. The van der Waals surface area contributed by atoms with E-state index in [0.717, 1.165) is 18.9 Å². The molecule has 2 rings (SSSR count). The van der Waals surface area contributed by atoms with Crippen LogP contribution in [0.4, 0.5) is 0 Å². The second kappa shape index (κ2) is 4.64. The number of methoxy groups -OCH3 is 1. The van der Waals surface area contributed by atoms with E-state index in [0.29, 0.717) is 6.04 Å². The molecule has 3 heteroatoms. The molecule has 0 amide bonds. The van der Waals surface area contributed by atoms with Crippen LogP contribution in [0.2, 0.25) is 0 Å². The molecule has 0 aliphatic carbocycles. The van der Waals surface area contributed by atoms with Gasteiger partial charge in [-0.1, -0.05) is 12.1 Å². The van der Waals surface area contributed by atoms with Crippen molar-refractivity contribution >= 4 is 0 Å². The van der Waals surface area contributed by atoms with Gasteiger partial charge in [-0.3, -0.25) is 0 Å². The van der Waals surface area contributed by atoms with Gasteiger partial charge >= 0.3 is 0 Å². The Morgan fingerprint density at radius 1 is 1.47 bits per heavy atom. The van der Waals surface area contributed by atoms with Crippen molar-refractivity contribution in [2.24, 2.45) is 0 Å². The van der Waals surface area contributed by atoms with Crippen molar-refractivity contribution in [2.45, 2.75) is 19.1 Å². The Labute approximate surface area is 90.4 Å². The van der Waals surface area contributed by atoms with Gasteiger partial charge in [0.25, 0.3) is 0 Å². The summed E-state index contributed by atoms with van der Waals surface area (Å²) >= 11 is 0. The number of benzene rings is 1. The Bertz CT molecular complexity index is 319. The molecule has 1 N–H and O–H groups in total. The summed E-state index contributed by atoms with van der Waals surface area (Å²) in [6, 6.07) is 8.50. The predicted octanol–water partition coefficient (Wildman–Crippen LogP) is 1.74. The first-order valence-electron chi connectivity index (χ1n) is 5.28. The lowest BCUT2D eigenvalue weighted by Gasteiger charge is -2.28. The van der Waals surface area contributed by atoms with Crippen molar-refractivity contribution in [1.29, 1.82) is 0 Å². The molecule has 82 valence electrons. The van der Waals surface area contributed by atoms with Gasteiger partial charge in [-0.15, -0.1) is 0 Å². The average molecular weight is 207 g/mol. The first kappa shape index (κ1) is 10.5. The van der Waals surface area contributed by atoms with Crippen LogP contribution in [0.3, 0.4) is 0 Å². The zero-order valence-corrected chi connectivity index (χ0v) is 9.19. The van der Waals surface area contributed by atoms with Crippen molar-refractivity contribution in [3.05, 3.63) is 29.8 Å². The van der Waals surface area contributed by atoms with Crippen LogP contribution in [0.25, 0.3) is 0 Å². The molecule has 1 aliphatic heterocycles. The van der Waals surface area contributed by atoms with E-state index < -0.39 is 0 Å². The van der Waals surface area contributed by atoms with E-state index in [1.807, 2.05) is 18.2 Å². The Morgan fingerprint density at radius 2 is 2.33 bits per heavy atom. The molecule has 1 fully saturated rings. The summed E-state index contributed by atoms with van der Waals surface area (Å²) in [4.78, 5) is 0. The van der Waals surface area contributed by atoms with Gasteiger partial charge in [-0.05, 0) is 24.6 Å². The van der Waals surface area contributed by atoms with Crippen molar-refractivity contribution in [3.8, 4) is 5.75 Å². The van der Waals surface area contributed by atoms with Crippen molar-refractivity contribution in [3.63, 3.8) is 0 Å². The zero-order chi connectivity index (χ0) is 10.7. The summed E-state index contributed by atoms with van der Waals surface area (Å²) in [5.74, 6) is 0.884. The van der Waals surface area contributed by atoms with E-state index in [1.54, 1.807) is 7.11 Å². The molecule has 0 radical (unpaired) electrons. The average Bonchev–Trinajstić information content (AvgIpc) is 2.30. The third-order valence-electron chi connectivity index (χ3n) is 2.66. The van der Waals surface area contributed by atoms with Crippen LogP contribution in [0.1, 0.15) is 18.6 Å². The Morgan fingerprint density at radius 3 is 3.00 bits per heavy atom. The van der Waals surface area contributed by atoms with E-state index >= 15 is 0 Å². The molecule has 1 aliphatic rings. The highest BCUT2D eigenvalue weighted by atomic mass is 16.5. The first-order chi connectivity index (χ1) is 7.29. The minimum Gasteiger partial charge on any atom is -0.497 e. The SMILES string of the molecule is COc1cccc(C2CN[C@@H](C)CO2)c1. The molecule has 0 spiro atoms. The van der Waals surface area contributed by atoms with Crippen LogP contribution in [-0.2, 0) is 4.74 Å². The van der Waals surface area contributed by atoms with Crippen molar-refractivity contribution in [1.82, 2.24) is 5.32 Å². The van der Waals surface area contributed by atoms with E-state index in [2.05, 4.69) is 18.3 Å². The largest absolute Gasteiger partial charge is 0.497 e. The molecule has 2 atom stereocenters. The summed E-state index contributed by atoms with van der Waals surface area (Å²) in [7, 11) is 1.68. The number of morpholine rings is 1. The summed E-state index contributed by atoms with van der Waals surface area (Å²) in [5, 5.41) is 3.40. The topological polar surface area (TPSA) is 30.5 Å². The van der Waals surface area contributed by atoms with Gasteiger partial charge in [-0.25, -0.2) is 0 Å². The van der Waals surface area contributed by atoms with Gasteiger partial charge in [-0.2, -0.15) is 0 Å². The highest BCUT2D eigenvalue weighted by molar-refractivity contribution is 5.30. The maximum absolute atomic E-state index is 5.76. The molecule has 1 unspecified atom stereocenters. The number of nitrogens with one attached hydrogen (secondary N) is 1. The third-order valence-corrected chi connectivity index (χ3v) is 2.66. The summed E-state index contributed by atoms with van der Waals surface area (Å²) in [6.45, 7) is 3.76. The monoisotopic (exact) mass is 207 g/mol. The summed E-state index contributed by atoms with van der Waals surface area (Å²) < 4.78 is 10.9. The second-order valence-corrected chi connectivity index (χ2v) is 3.91. The van der Waals surface area contributed by atoms with E-state index in [-0.39, 0.29) is 6.10 Å². The molecule has 0 aromatic heterocycles. The lowest BCUT2D eigenvalue weighted by atomic mass is 10.1. The summed E-state index contributed by atoms with van der Waals surface area (Å²) in [5.41, 5.74) is 1.17. The Balaban J connectivity index is 2.08. The Kier molecular flexibility index (Phi) is 3.23. The predicted molar refractivity (Wildman–Crippen MR) is 59.2 cm³/mol. The molecule has 1 saturated heterocycles. The quantitative estimate of drug-likeness (QED) is 0.801. The molecule has 0 saturated carbocycles. The van der Waals surface area contributed by atoms with E-state index in [9.17, 15) is 0 Å². The van der Waals surface area contributed by atoms with Crippen molar-refractivity contribution in [2.75, 3.05) is 20.3 Å². The maximum Gasteiger partial charge on any atom is 0.119 e. The van der Waals surface area contributed by atoms with Crippen LogP contribution in [0.5, 0.6) is 5.75 Å². The molecule has 0 bridgehead atoms. The number of hydrogen-bond donors (Lipinski definition) is 1. The van der Waals surface area contributed by atoms with Crippen LogP contribution in [-0.4, -0.2) is 26.3 Å². The lowest BCUT2D eigenvalue weighted by molar-refractivity contribution is 0.00686. The molecule has 1 aromatic carbocycles. The number of rotatable bonds is 2. The highest BCUT2D eigenvalue weighted by Crippen LogP contribution is 2.23. The van der Waals surface area contributed by atoms with Crippen LogP contribution in [0.15, 0.2) is 24.3 Å². The zero-order valence-electron chi connectivity index (χ0n) is 9.19. The van der Waals surface area contributed by atoms with Crippen LogP contribution in [0, 0.1) is 0 Å².